The molecular formula is C54H70N4O10S2. The molecular weight excluding hydrogens is 929 g/mol. The first-order valence-electron chi connectivity index (χ1n) is 25.2. The molecule has 2 fully saturated rings. The highest BCUT2D eigenvalue weighted by Gasteiger charge is 2.60. The molecule has 4 heterocycles. The number of allylic oxidation sites excluding steroid dienone is 1. The van der Waals surface area contributed by atoms with Crippen molar-refractivity contribution in [2.75, 3.05) is 38.7 Å². The lowest BCUT2D eigenvalue weighted by atomic mass is 9.57. The molecule has 12 atom stereocenters. The van der Waals surface area contributed by atoms with Crippen LogP contribution in [0.1, 0.15) is 99.5 Å². The van der Waals surface area contributed by atoms with Crippen molar-refractivity contribution in [2.24, 2.45) is 51.6 Å². The number of aliphatic imine (C=N–C) groups is 1. The predicted octanol–water partition coefficient (Wildman–Crippen LogP) is 5.15. The number of ether oxygens (including phenoxy) is 4. The summed E-state index contributed by atoms with van der Waals surface area (Å²) in [7, 11) is 5.20. The number of aryl methyl sites for hydroxylation is 2. The third kappa shape index (κ3) is 10.1. The molecule has 12 unspecified atom stereocenters. The van der Waals surface area contributed by atoms with E-state index in [2.05, 4.69) is 66.4 Å². The number of aromatic hydroxyl groups is 1. The number of aliphatic hydroxyl groups excluding tert-OH is 4. The minimum Gasteiger partial charge on any atom is -0.504 e. The van der Waals surface area contributed by atoms with Crippen LogP contribution in [0.2, 0.25) is 0 Å². The van der Waals surface area contributed by atoms with Crippen molar-refractivity contribution < 1.29 is 49.3 Å². The summed E-state index contributed by atoms with van der Waals surface area (Å²) < 4.78 is 25.3. The molecule has 4 aliphatic heterocycles. The van der Waals surface area contributed by atoms with E-state index in [4.69, 9.17) is 29.7 Å². The third-order valence-electron chi connectivity index (χ3n) is 16.5. The highest BCUT2D eigenvalue weighted by molar-refractivity contribution is 8.76. The van der Waals surface area contributed by atoms with Gasteiger partial charge in [-0.25, -0.2) is 4.99 Å². The van der Waals surface area contributed by atoms with Crippen molar-refractivity contribution >= 4 is 33.3 Å². The number of phenolic OH excluding ortho intramolecular Hbond substituents is 1. The first kappa shape index (κ1) is 50.8. The van der Waals surface area contributed by atoms with Crippen molar-refractivity contribution in [1.29, 1.82) is 0 Å². The molecule has 16 heteroatoms. The van der Waals surface area contributed by atoms with Crippen molar-refractivity contribution in [3.63, 3.8) is 0 Å². The number of Topliss-reactive ketones (excluding diaryl/α,β-unsaturated/α-hetero) is 1. The Bertz CT molecular complexity index is 2440. The normalized spacial score (nSPS) is 33.6. The first-order chi connectivity index (χ1) is 33.9. The van der Waals surface area contributed by atoms with Crippen LogP contribution in [0.5, 0.6) is 23.0 Å². The number of nitrogens with zero attached hydrogens (tertiary/aromatic N) is 1. The number of nitrogens with two attached hydrogens (primary N) is 1. The fourth-order valence-corrected chi connectivity index (χ4v) is 15.5. The zero-order valence-electron chi connectivity index (χ0n) is 40.6. The molecule has 14 nitrogen and oxygen atoms in total. The smallest absolute Gasteiger partial charge is 0.201 e. The summed E-state index contributed by atoms with van der Waals surface area (Å²) in [5.74, 6) is 16.5. The fraction of sp³-hybridized carbons (Fsp3) is 0.630. The number of guanidine groups is 1. The highest BCUT2D eigenvalue weighted by Crippen LogP contribution is 2.60. The average Bonchev–Trinajstić information content (AvgIpc) is 3.74. The van der Waals surface area contributed by atoms with Crippen LogP contribution in [-0.2, 0) is 35.2 Å². The fourth-order valence-electron chi connectivity index (χ4n) is 12.7. The second-order valence-corrected chi connectivity index (χ2v) is 23.3. The Morgan fingerprint density at radius 3 is 2.67 bits per heavy atom. The van der Waals surface area contributed by atoms with E-state index in [9.17, 15) is 30.3 Å². The second kappa shape index (κ2) is 21.9. The van der Waals surface area contributed by atoms with E-state index in [1.807, 2.05) is 0 Å². The number of ketones is 1. The standard InChI is InChI=1S/C54H70N4O10S2/c1-31(2)45-28-70-69-27-43-42-24-41-33-11-14-38(62)23-37(61)13-10-32-12-15-46(63)49(67-30-60)39(32)9-6-7-34(21-33)48(50(41)68-51(42)64)66-29-56-54-18-5-4-8-36(54)22-40(47(26-59)65-3)35-16-19-53(54,25-35)20-17-44(43)57-52(55)58-45/h12,15-16,19,21,31,35-36,38,40,42-45,47,51,56,59-60,62-64H,4-5,7-8,10-11,13-14,18,22-30H2,1-3H3,(H3,55,57,58). The minimum atomic E-state index is -1.26. The monoisotopic (exact) mass is 998 g/mol. The maximum Gasteiger partial charge on any atom is 0.201 e. The van der Waals surface area contributed by atoms with E-state index in [1.54, 1.807) is 34.8 Å². The summed E-state index contributed by atoms with van der Waals surface area (Å²) in [4.78, 5) is 18.4. The molecule has 2 aromatic rings. The van der Waals surface area contributed by atoms with Gasteiger partial charge < -0.3 is 55.5 Å². The maximum absolute atomic E-state index is 13.4. The van der Waals surface area contributed by atoms with Gasteiger partial charge >= 0.3 is 0 Å². The third-order valence-corrected chi connectivity index (χ3v) is 19.0. The number of carbonyl (C=O) groups is 1. The van der Waals surface area contributed by atoms with Crippen LogP contribution in [0.15, 0.2) is 35.3 Å². The van der Waals surface area contributed by atoms with Gasteiger partial charge in [-0.2, -0.15) is 0 Å². The van der Waals surface area contributed by atoms with Crippen molar-refractivity contribution in [3.05, 3.63) is 58.2 Å². The van der Waals surface area contributed by atoms with E-state index >= 15 is 0 Å². The molecule has 10 rings (SSSR count). The molecule has 4 aliphatic carbocycles. The Kier molecular flexibility index (Phi) is 15.9. The van der Waals surface area contributed by atoms with Gasteiger partial charge in [0.15, 0.2) is 35.8 Å². The second-order valence-electron chi connectivity index (χ2n) is 20.7. The van der Waals surface area contributed by atoms with E-state index in [1.165, 1.54) is 6.07 Å². The molecule has 2 aromatic carbocycles. The van der Waals surface area contributed by atoms with E-state index in [0.717, 1.165) is 55.4 Å². The van der Waals surface area contributed by atoms with Crippen LogP contribution in [0.4, 0.5) is 0 Å². The summed E-state index contributed by atoms with van der Waals surface area (Å²) >= 11 is 0. The summed E-state index contributed by atoms with van der Waals surface area (Å²) in [6, 6.07) is 4.71. The van der Waals surface area contributed by atoms with E-state index in [-0.39, 0.29) is 91.6 Å². The van der Waals surface area contributed by atoms with E-state index < -0.39 is 42.1 Å². The minimum absolute atomic E-state index is 0.00292. The highest BCUT2D eigenvalue weighted by atomic mass is 33.1. The molecule has 8 aliphatic rings. The number of benzene rings is 2. The number of phenols is 1. The first-order valence-corrected chi connectivity index (χ1v) is 27.7. The van der Waals surface area contributed by atoms with Crippen LogP contribution in [0, 0.1) is 64.6 Å². The zero-order valence-corrected chi connectivity index (χ0v) is 42.2. The van der Waals surface area contributed by atoms with Gasteiger partial charge in [0, 0.05) is 66.4 Å². The lowest BCUT2D eigenvalue weighted by Gasteiger charge is -2.53. The number of carbonyl (C=O) groups excluding carboxylic acids is 1. The number of fused-ring (bicyclic) bond motifs is 7. The summed E-state index contributed by atoms with van der Waals surface area (Å²) in [6.45, 7) is 3.64. The van der Waals surface area contributed by atoms with Crippen LogP contribution in [-0.4, -0.2) is 112 Å². The molecule has 8 bridgehead atoms. The summed E-state index contributed by atoms with van der Waals surface area (Å²) in [5, 5.41) is 62.8. The Labute approximate surface area is 420 Å². The largest absolute Gasteiger partial charge is 0.504 e. The molecule has 0 radical (unpaired) electrons. The molecule has 2 saturated carbocycles. The lowest BCUT2D eigenvalue weighted by molar-refractivity contribution is -0.121. The van der Waals surface area contributed by atoms with Gasteiger partial charge in [0.25, 0.3) is 0 Å². The summed E-state index contributed by atoms with van der Waals surface area (Å²) in [5.41, 5.74) is 9.21. The summed E-state index contributed by atoms with van der Waals surface area (Å²) in [6.07, 6.45) is 9.35. The zero-order chi connectivity index (χ0) is 49.2. The Morgan fingerprint density at radius 2 is 1.87 bits per heavy atom. The van der Waals surface area contributed by atoms with Gasteiger partial charge in [0.2, 0.25) is 6.29 Å². The average molecular weight is 999 g/mol. The van der Waals surface area contributed by atoms with Gasteiger partial charge in [-0.3, -0.25) is 10.1 Å². The molecule has 70 heavy (non-hydrogen) atoms. The topological polar surface area (TPSA) is 218 Å². The number of hydrogen-bond donors (Lipinski definition) is 8. The number of rotatable bonds is 6. The molecule has 0 aromatic heterocycles. The van der Waals surface area contributed by atoms with Gasteiger partial charge in [0.1, 0.15) is 12.5 Å². The number of hydrogen-bond acceptors (Lipinski definition) is 16. The van der Waals surface area contributed by atoms with Crippen LogP contribution >= 0.6 is 21.6 Å². The Morgan fingerprint density at radius 1 is 1.03 bits per heavy atom. The molecule has 0 amide bonds. The van der Waals surface area contributed by atoms with E-state index in [0.29, 0.717) is 65.6 Å². The molecule has 9 N–H and O–H groups in total. The van der Waals surface area contributed by atoms with Gasteiger partial charge in [-0.05, 0) is 92.2 Å². The number of methoxy groups -OCH3 is 1. The van der Waals surface area contributed by atoms with Gasteiger partial charge in [-0.15, -0.1) is 0 Å². The Balaban J connectivity index is 1.22. The number of aliphatic hydroxyl groups is 4. The quantitative estimate of drug-likeness (QED) is 0.0813. The SMILES string of the molecule is COC(CO)C1CC2CCCCC23NCOc2c4cc(c5c2OC(O)C(C5)C2CSSCC(C(C)C)N=C(N)NC2C#CC32C=CC1C2)CCC(O)CC(=O)CCc1ccc(O)c(OCO)c1C#CC4. The van der Waals surface area contributed by atoms with Crippen LogP contribution < -0.4 is 30.6 Å². The number of nitrogens with one attached hydrogen (secondary N) is 2. The van der Waals surface area contributed by atoms with Crippen LogP contribution in [0.3, 0.4) is 0 Å². The van der Waals surface area contributed by atoms with Crippen molar-refractivity contribution in [3.8, 4) is 46.7 Å². The van der Waals surface area contributed by atoms with Crippen LogP contribution in [0.25, 0.3) is 0 Å². The van der Waals surface area contributed by atoms with Crippen molar-refractivity contribution in [2.45, 2.75) is 133 Å². The Hall–Kier alpha value is -4.10. The van der Waals surface area contributed by atoms with Gasteiger partial charge in [0.05, 0.1) is 41.9 Å². The van der Waals surface area contributed by atoms with Crippen molar-refractivity contribution in [1.82, 2.24) is 10.6 Å². The maximum atomic E-state index is 13.4. The molecule has 2 spiro atoms. The molecule has 378 valence electrons. The molecule has 0 saturated heterocycles. The predicted molar refractivity (Wildman–Crippen MR) is 271 cm³/mol. The lowest BCUT2D eigenvalue weighted by Crippen LogP contribution is -2.63. The van der Waals surface area contributed by atoms with Gasteiger partial charge in [-0.1, -0.05) is 96.2 Å².